The fourth-order valence-corrected chi connectivity index (χ4v) is 2.17. The van der Waals surface area contributed by atoms with Crippen LogP contribution in [-0.4, -0.2) is 27.7 Å². The highest BCUT2D eigenvalue weighted by atomic mass is 16.3. The summed E-state index contributed by atoms with van der Waals surface area (Å²) in [7, 11) is 0. The van der Waals surface area contributed by atoms with Crippen molar-refractivity contribution in [2.45, 2.75) is 26.3 Å². The van der Waals surface area contributed by atoms with Crippen LogP contribution < -0.4 is 11.1 Å². The largest absolute Gasteiger partial charge is 0.507 e. The van der Waals surface area contributed by atoms with E-state index < -0.39 is 0 Å². The van der Waals surface area contributed by atoms with Gasteiger partial charge in [0.2, 0.25) is 0 Å². The first-order valence-electron chi connectivity index (χ1n) is 7.17. The summed E-state index contributed by atoms with van der Waals surface area (Å²) in [5, 5.41) is 13.1. The number of nitrogens with one attached hydrogen (secondary N) is 1. The molecular formula is C16H22N4O. The molecule has 112 valence electrons. The molecular weight excluding hydrogens is 264 g/mol. The molecule has 1 aromatic heterocycles. The minimum atomic E-state index is 0.0912. The molecule has 0 saturated carbocycles. The molecule has 2 aromatic rings. The number of aromatic hydroxyl groups is 1. The van der Waals surface area contributed by atoms with E-state index in [0.29, 0.717) is 29.7 Å². The fraction of sp³-hybridized carbons (Fsp3) is 0.375. The molecule has 0 fully saturated rings. The number of nitrogens with zero attached hydrogens (tertiary/aromatic N) is 2. The first-order valence-corrected chi connectivity index (χ1v) is 7.17. The standard InChI is InChI=1S/C16H22N4O/c1-11(2)9-12(17)10-19-15-7-8-18-16(20-15)13-5-3-4-6-14(13)21/h3-8,11-12,21H,9-10,17H2,1-2H3,(H,18,19,20)/t12-/m1/s1. The van der Waals surface area contributed by atoms with Crippen molar-refractivity contribution in [1.82, 2.24) is 9.97 Å². The first-order chi connectivity index (χ1) is 10.1. The van der Waals surface area contributed by atoms with E-state index in [1.165, 1.54) is 0 Å². The Hall–Kier alpha value is -2.14. The maximum Gasteiger partial charge on any atom is 0.165 e. The van der Waals surface area contributed by atoms with Gasteiger partial charge in [-0.2, -0.15) is 0 Å². The number of aromatic nitrogens is 2. The molecule has 0 saturated heterocycles. The van der Waals surface area contributed by atoms with Crippen LogP contribution in [0.2, 0.25) is 0 Å². The Kier molecular flexibility index (Phi) is 5.11. The third kappa shape index (κ3) is 4.43. The Labute approximate surface area is 125 Å². The van der Waals surface area contributed by atoms with E-state index >= 15 is 0 Å². The second kappa shape index (κ2) is 7.04. The van der Waals surface area contributed by atoms with Gasteiger partial charge < -0.3 is 16.2 Å². The van der Waals surface area contributed by atoms with Crippen LogP contribution in [0.3, 0.4) is 0 Å². The minimum absolute atomic E-state index is 0.0912. The van der Waals surface area contributed by atoms with Gasteiger partial charge in [0.1, 0.15) is 11.6 Å². The van der Waals surface area contributed by atoms with E-state index in [4.69, 9.17) is 5.73 Å². The highest BCUT2D eigenvalue weighted by Gasteiger charge is 2.09. The van der Waals surface area contributed by atoms with Gasteiger partial charge in [0.15, 0.2) is 5.82 Å². The zero-order valence-corrected chi connectivity index (χ0v) is 12.5. The van der Waals surface area contributed by atoms with E-state index in [-0.39, 0.29) is 11.8 Å². The molecule has 5 heteroatoms. The lowest BCUT2D eigenvalue weighted by molar-refractivity contribution is 0.477. The van der Waals surface area contributed by atoms with Gasteiger partial charge in [-0.1, -0.05) is 26.0 Å². The number of para-hydroxylation sites is 1. The number of phenolic OH excluding ortho intramolecular Hbond substituents is 1. The lowest BCUT2D eigenvalue weighted by Gasteiger charge is -2.15. The van der Waals surface area contributed by atoms with Crippen molar-refractivity contribution in [3.05, 3.63) is 36.5 Å². The number of anilines is 1. The quantitative estimate of drug-likeness (QED) is 0.760. The summed E-state index contributed by atoms with van der Waals surface area (Å²) < 4.78 is 0. The Morgan fingerprint density at radius 2 is 2.00 bits per heavy atom. The Morgan fingerprint density at radius 3 is 2.71 bits per heavy atom. The van der Waals surface area contributed by atoms with Gasteiger partial charge in [0.05, 0.1) is 5.56 Å². The molecule has 1 atom stereocenters. The number of hydrogen-bond donors (Lipinski definition) is 3. The number of rotatable bonds is 6. The lowest BCUT2D eigenvalue weighted by Crippen LogP contribution is -2.30. The molecule has 0 aliphatic carbocycles. The smallest absolute Gasteiger partial charge is 0.165 e. The first kappa shape index (κ1) is 15.3. The van der Waals surface area contributed by atoms with Crippen molar-refractivity contribution < 1.29 is 5.11 Å². The summed E-state index contributed by atoms with van der Waals surface area (Å²) in [6.07, 6.45) is 2.63. The minimum Gasteiger partial charge on any atom is -0.507 e. The van der Waals surface area contributed by atoms with Gasteiger partial charge in [0, 0.05) is 18.8 Å². The molecule has 0 bridgehead atoms. The van der Waals surface area contributed by atoms with Gasteiger partial charge >= 0.3 is 0 Å². The van der Waals surface area contributed by atoms with Gasteiger partial charge in [-0.3, -0.25) is 0 Å². The number of hydrogen-bond acceptors (Lipinski definition) is 5. The number of nitrogens with two attached hydrogens (primary N) is 1. The van der Waals surface area contributed by atoms with Crippen molar-refractivity contribution in [1.29, 1.82) is 0 Å². The predicted molar refractivity (Wildman–Crippen MR) is 85.1 cm³/mol. The third-order valence-electron chi connectivity index (χ3n) is 3.12. The molecule has 0 radical (unpaired) electrons. The second-order valence-corrected chi connectivity index (χ2v) is 5.55. The summed E-state index contributed by atoms with van der Waals surface area (Å²) in [6.45, 7) is 4.97. The van der Waals surface area contributed by atoms with Crippen LogP contribution in [0.15, 0.2) is 36.5 Å². The highest BCUT2D eigenvalue weighted by Crippen LogP contribution is 2.25. The average Bonchev–Trinajstić information content (AvgIpc) is 2.45. The van der Waals surface area contributed by atoms with Crippen LogP contribution in [0, 0.1) is 5.92 Å². The van der Waals surface area contributed by atoms with Crippen LogP contribution in [0.1, 0.15) is 20.3 Å². The molecule has 0 unspecified atom stereocenters. The molecule has 0 amide bonds. The molecule has 1 aromatic carbocycles. The molecule has 0 aliphatic heterocycles. The molecule has 1 heterocycles. The van der Waals surface area contributed by atoms with E-state index in [1.54, 1.807) is 30.5 Å². The van der Waals surface area contributed by atoms with Crippen molar-refractivity contribution in [2.24, 2.45) is 11.7 Å². The van der Waals surface area contributed by atoms with Crippen LogP contribution in [0.25, 0.3) is 11.4 Å². The highest BCUT2D eigenvalue weighted by molar-refractivity contribution is 5.64. The monoisotopic (exact) mass is 286 g/mol. The molecule has 5 nitrogen and oxygen atoms in total. The van der Waals surface area contributed by atoms with Crippen LogP contribution in [-0.2, 0) is 0 Å². The third-order valence-corrected chi connectivity index (χ3v) is 3.12. The summed E-state index contributed by atoms with van der Waals surface area (Å²) in [5.41, 5.74) is 6.67. The second-order valence-electron chi connectivity index (χ2n) is 5.55. The summed E-state index contributed by atoms with van der Waals surface area (Å²) >= 11 is 0. The summed E-state index contributed by atoms with van der Waals surface area (Å²) in [4.78, 5) is 8.62. The van der Waals surface area contributed by atoms with Gasteiger partial charge in [-0.15, -0.1) is 0 Å². The summed E-state index contributed by atoms with van der Waals surface area (Å²) in [5.74, 6) is 1.95. The summed E-state index contributed by atoms with van der Waals surface area (Å²) in [6, 6.07) is 8.92. The van der Waals surface area contributed by atoms with Crippen LogP contribution in [0.4, 0.5) is 5.82 Å². The Bertz CT molecular complexity index is 586. The van der Waals surface area contributed by atoms with Crippen molar-refractivity contribution in [3.8, 4) is 17.1 Å². The molecule has 4 N–H and O–H groups in total. The van der Waals surface area contributed by atoms with Crippen LogP contribution in [0.5, 0.6) is 5.75 Å². The van der Waals surface area contributed by atoms with Gasteiger partial charge in [-0.05, 0) is 30.5 Å². The molecule has 21 heavy (non-hydrogen) atoms. The van der Waals surface area contributed by atoms with E-state index in [2.05, 4.69) is 29.1 Å². The van der Waals surface area contributed by atoms with Crippen molar-refractivity contribution >= 4 is 5.82 Å². The number of benzene rings is 1. The van der Waals surface area contributed by atoms with E-state index in [1.807, 2.05) is 6.07 Å². The predicted octanol–water partition coefficient (Wildman–Crippen LogP) is 2.63. The number of phenols is 1. The molecule has 2 rings (SSSR count). The molecule has 0 spiro atoms. The SMILES string of the molecule is CC(C)C[C@@H](N)CNc1ccnc(-c2ccccc2O)n1. The topological polar surface area (TPSA) is 84.1 Å². The zero-order valence-electron chi connectivity index (χ0n) is 12.5. The van der Waals surface area contributed by atoms with Crippen molar-refractivity contribution in [2.75, 3.05) is 11.9 Å². The van der Waals surface area contributed by atoms with Crippen molar-refractivity contribution in [3.63, 3.8) is 0 Å². The Morgan fingerprint density at radius 1 is 1.24 bits per heavy atom. The fourth-order valence-electron chi connectivity index (χ4n) is 2.17. The normalized spacial score (nSPS) is 12.4. The van der Waals surface area contributed by atoms with E-state index in [9.17, 15) is 5.11 Å². The van der Waals surface area contributed by atoms with E-state index in [0.717, 1.165) is 6.42 Å². The lowest BCUT2D eigenvalue weighted by atomic mass is 10.0. The molecule has 0 aliphatic rings. The average molecular weight is 286 g/mol. The maximum absolute atomic E-state index is 9.85. The van der Waals surface area contributed by atoms with Gasteiger partial charge in [-0.25, -0.2) is 9.97 Å². The Balaban J connectivity index is 2.07. The van der Waals surface area contributed by atoms with Crippen LogP contribution >= 0.6 is 0 Å². The maximum atomic E-state index is 9.85. The zero-order chi connectivity index (χ0) is 15.2. The van der Waals surface area contributed by atoms with Gasteiger partial charge in [0.25, 0.3) is 0 Å².